The molecule has 0 saturated carbocycles. The van der Waals surface area contributed by atoms with Gasteiger partial charge < -0.3 is 30.6 Å². The summed E-state index contributed by atoms with van der Waals surface area (Å²) in [4.78, 5) is 33.0. The molecule has 0 radical (unpaired) electrons. The van der Waals surface area contributed by atoms with Crippen molar-refractivity contribution in [3.8, 4) is 11.6 Å². The first-order valence-corrected chi connectivity index (χ1v) is 11.6. The van der Waals surface area contributed by atoms with Crippen molar-refractivity contribution >= 4 is 22.8 Å². The molecule has 0 aromatic carbocycles. The third kappa shape index (κ3) is 5.11. The molecule has 0 unspecified atom stereocenters. The van der Waals surface area contributed by atoms with Crippen LogP contribution in [0, 0.1) is 0 Å². The normalized spacial score (nSPS) is 20.6. The highest BCUT2D eigenvalue weighted by molar-refractivity contribution is 5.94. The van der Waals surface area contributed by atoms with Gasteiger partial charge in [0.25, 0.3) is 11.5 Å². The number of fused-ring (bicyclic) bond motifs is 2. The fourth-order valence-electron chi connectivity index (χ4n) is 4.38. The van der Waals surface area contributed by atoms with Crippen molar-refractivity contribution in [2.24, 2.45) is 5.73 Å². The molecular formula is C24H28N6O5. The zero-order valence-corrected chi connectivity index (χ0v) is 19.4. The second-order valence-electron chi connectivity index (χ2n) is 8.73. The van der Waals surface area contributed by atoms with Gasteiger partial charge in [-0.15, -0.1) is 0 Å². The standard InChI is InChI=1S/C24H28N6O5/c1-33-21-8-2-14-3-9-22(32)30(24(14)29-21)11-17(25)18-6-5-16(12-34-18)26-10-15-4-7-19-23(27-15)28-20(31)13-35-19/h2-4,7-9,16-18,26H,5-6,10-13,25H2,1H3,(H,27,28,31)/t16-,17+,18+/m1/s1. The summed E-state index contributed by atoms with van der Waals surface area (Å²) in [5.41, 5.74) is 7.65. The van der Waals surface area contributed by atoms with Crippen LogP contribution in [0.25, 0.3) is 11.0 Å². The van der Waals surface area contributed by atoms with Crippen molar-refractivity contribution < 1.29 is 19.0 Å². The van der Waals surface area contributed by atoms with Crippen LogP contribution in [0.3, 0.4) is 0 Å². The molecule has 2 aliphatic rings. The largest absolute Gasteiger partial charge is 0.481 e. The minimum atomic E-state index is -0.363. The lowest BCUT2D eigenvalue weighted by Gasteiger charge is -2.33. The van der Waals surface area contributed by atoms with Crippen LogP contribution < -0.4 is 31.4 Å². The van der Waals surface area contributed by atoms with Crippen LogP contribution in [0.1, 0.15) is 18.5 Å². The second kappa shape index (κ2) is 9.98. The molecular weight excluding hydrogens is 452 g/mol. The number of nitrogens with zero attached hydrogens (tertiary/aromatic N) is 3. The molecule has 184 valence electrons. The number of amides is 1. The molecule has 5 heterocycles. The molecule has 3 atom stereocenters. The summed E-state index contributed by atoms with van der Waals surface area (Å²) >= 11 is 0. The molecule has 35 heavy (non-hydrogen) atoms. The van der Waals surface area contributed by atoms with Crippen LogP contribution in [0.4, 0.5) is 5.82 Å². The maximum Gasteiger partial charge on any atom is 0.263 e. The molecule has 1 fully saturated rings. The molecule has 3 aromatic heterocycles. The van der Waals surface area contributed by atoms with Crippen molar-refractivity contribution in [3.05, 3.63) is 52.4 Å². The van der Waals surface area contributed by atoms with Gasteiger partial charge >= 0.3 is 0 Å². The molecule has 3 aromatic rings. The predicted molar refractivity (Wildman–Crippen MR) is 128 cm³/mol. The number of carbonyl (C=O) groups is 1. The SMILES string of the molecule is COc1ccc2ccc(=O)n(C[C@H](N)[C@@H]3CC[C@@H](NCc4ccc5c(n4)NC(=O)CO5)CO3)c2n1. The minimum Gasteiger partial charge on any atom is -0.481 e. The Kier molecular flexibility index (Phi) is 6.62. The van der Waals surface area contributed by atoms with Crippen LogP contribution >= 0.6 is 0 Å². The first-order chi connectivity index (χ1) is 17.0. The summed E-state index contributed by atoms with van der Waals surface area (Å²) in [6, 6.07) is 10.4. The number of hydrogen-bond acceptors (Lipinski definition) is 9. The Balaban J connectivity index is 1.17. The number of nitrogens with two attached hydrogens (primary N) is 1. The van der Waals surface area contributed by atoms with Crippen LogP contribution in [-0.4, -0.2) is 59.0 Å². The van der Waals surface area contributed by atoms with Crippen LogP contribution in [0.2, 0.25) is 0 Å². The molecule has 0 spiro atoms. The molecule has 0 bridgehead atoms. The Morgan fingerprint density at radius 2 is 2.06 bits per heavy atom. The number of carbonyl (C=O) groups excluding carboxylic acids is 1. The predicted octanol–water partition coefficient (Wildman–Crippen LogP) is 0.796. The highest BCUT2D eigenvalue weighted by Crippen LogP contribution is 2.25. The van der Waals surface area contributed by atoms with E-state index in [2.05, 4.69) is 20.6 Å². The maximum atomic E-state index is 12.6. The number of rotatable bonds is 7. The lowest BCUT2D eigenvalue weighted by atomic mass is 9.99. The molecule has 1 amide bonds. The number of methoxy groups -OCH3 is 1. The third-order valence-electron chi connectivity index (χ3n) is 6.30. The van der Waals surface area contributed by atoms with Crippen LogP contribution in [0.5, 0.6) is 11.6 Å². The smallest absolute Gasteiger partial charge is 0.263 e. The van der Waals surface area contributed by atoms with Gasteiger partial charge in [-0.25, -0.2) is 4.98 Å². The summed E-state index contributed by atoms with van der Waals surface area (Å²) < 4.78 is 18.2. The highest BCUT2D eigenvalue weighted by Gasteiger charge is 2.27. The summed E-state index contributed by atoms with van der Waals surface area (Å²) in [5, 5.41) is 7.01. The Labute approximate surface area is 201 Å². The van der Waals surface area contributed by atoms with Crippen molar-refractivity contribution in [1.29, 1.82) is 0 Å². The maximum absolute atomic E-state index is 12.6. The zero-order chi connectivity index (χ0) is 24.4. The minimum absolute atomic E-state index is 0.00876. The number of anilines is 1. The van der Waals surface area contributed by atoms with E-state index in [1.165, 1.54) is 6.07 Å². The highest BCUT2D eigenvalue weighted by atomic mass is 16.5. The van der Waals surface area contributed by atoms with Gasteiger partial charge in [0.1, 0.15) is 5.65 Å². The van der Waals surface area contributed by atoms with Gasteiger partial charge in [0, 0.05) is 42.7 Å². The van der Waals surface area contributed by atoms with E-state index < -0.39 is 0 Å². The molecule has 1 saturated heterocycles. The van der Waals surface area contributed by atoms with E-state index in [0.29, 0.717) is 42.8 Å². The first kappa shape index (κ1) is 23.2. The molecule has 11 nitrogen and oxygen atoms in total. The quantitative estimate of drug-likeness (QED) is 0.447. The van der Waals surface area contributed by atoms with E-state index >= 15 is 0 Å². The number of aromatic nitrogens is 3. The summed E-state index contributed by atoms with van der Waals surface area (Å²) in [6.45, 7) is 1.34. The lowest BCUT2D eigenvalue weighted by molar-refractivity contribution is -0.118. The van der Waals surface area contributed by atoms with E-state index in [-0.39, 0.29) is 36.3 Å². The zero-order valence-electron chi connectivity index (χ0n) is 19.4. The fraction of sp³-hybridized carbons (Fsp3) is 0.417. The van der Waals surface area contributed by atoms with Gasteiger partial charge in [0.15, 0.2) is 18.2 Å². The Bertz CT molecular complexity index is 1290. The van der Waals surface area contributed by atoms with Crippen LogP contribution in [-0.2, 0) is 22.6 Å². The van der Waals surface area contributed by atoms with Crippen molar-refractivity contribution in [3.63, 3.8) is 0 Å². The average Bonchev–Trinajstić information content (AvgIpc) is 2.88. The number of nitrogens with one attached hydrogen (secondary N) is 2. The van der Waals surface area contributed by atoms with E-state index in [9.17, 15) is 9.59 Å². The molecule has 5 rings (SSSR count). The van der Waals surface area contributed by atoms with Gasteiger partial charge in [-0.2, -0.15) is 4.98 Å². The van der Waals surface area contributed by atoms with Crippen molar-refractivity contribution in [2.75, 3.05) is 25.6 Å². The topological polar surface area (TPSA) is 143 Å². The van der Waals surface area contributed by atoms with E-state index in [1.807, 2.05) is 18.2 Å². The summed E-state index contributed by atoms with van der Waals surface area (Å²) in [7, 11) is 1.54. The lowest BCUT2D eigenvalue weighted by Crippen LogP contribution is -2.48. The van der Waals surface area contributed by atoms with Gasteiger partial charge in [-0.05, 0) is 37.1 Å². The molecule has 11 heteroatoms. The summed E-state index contributed by atoms with van der Waals surface area (Å²) in [6.07, 6.45) is 1.46. The van der Waals surface area contributed by atoms with Crippen LogP contribution in [0.15, 0.2) is 41.2 Å². The third-order valence-corrected chi connectivity index (χ3v) is 6.30. The second-order valence-corrected chi connectivity index (χ2v) is 8.73. The van der Waals surface area contributed by atoms with Gasteiger partial charge in [-0.1, -0.05) is 0 Å². The number of hydrogen-bond donors (Lipinski definition) is 3. The Morgan fingerprint density at radius 3 is 2.86 bits per heavy atom. The monoisotopic (exact) mass is 480 g/mol. The summed E-state index contributed by atoms with van der Waals surface area (Å²) in [5.74, 6) is 1.25. The fourth-order valence-corrected chi connectivity index (χ4v) is 4.38. The Morgan fingerprint density at radius 1 is 1.20 bits per heavy atom. The van der Waals surface area contributed by atoms with Gasteiger partial charge in [-0.3, -0.25) is 14.2 Å². The average molecular weight is 481 g/mol. The number of pyridine rings is 3. The molecule has 2 aliphatic heterocycles. The molecule has 0 aliphatic carbocycles. The Hall–Kier alpha value is -3.54. The van der Waals surface area contributed by atoms with E-state index in [0.717, 1.165) is 23.9 Å². The van der Waals surface area contributed by atoms with Gasteiger partial charge in [0.05, 0.1) is 25.5 Å². The van der Waals surface area contributed by atoms with E-state index in [4.69, 9.17) is 19.9 Å². The van der Waals surface area contributed by atoms with Gasteiger partial charge in [0.2, 0.25) is 5.88 Å². The number of ether oxygens (including phenoxy) is 3. The van der Waals surface area contributed by atoms with E-state index in [1.54, 1.807) is 23.8 Å². The van der Waals surface area contributed by atoms with Crippen molar-refractivity contribution in [1.82, 2.24) is 19.9 Å². The molecule has 4 N–H and O–H groups in total. The van der Waals surface area contributed by atoms with Crippen molar-refractivity contribution in [2.45, 2.75) is 44.1 Å². The first-order valence-electron chi connectivity index (χ1n) is 11.6.